The highest BCUT2D eigenvalue weighted by molar-refractivity contribution is 5.35. The molecule has 5 nitrogen and oxygen atoms in total. The fourth-order valence-corrected chi connectivity index (χ4v) is 1.20. The minimum absolute atomic E-state index is 0.165. The summed E-state index contributed by atoms with van der Waals surface area (Å²) in [7, 11) is 0. The van der Waals surface area contributed by atoms with Crippen LogP contribution in [0.4, 0.5) is 0 Å². The van der Waals surface area contributed by atoms with Gasteiger partial charge in [0.25, 0.3) is 0 Å². The lowest BCUT2D eigenvalue weighted by molar-refractivity contribution is -0.00690. The van der Waals surface area contributed by atoms with Crippen LogP contribution in [0, 0.1) is 22.7 Å². The molecule has 0 bridgehead atoms. The van der Waals surface area contributed by atoms with Crippen molar-refractivity contribution >= 4 is 0 Å². The Kier molecular flexibility index (Phi) is 3.65. The number of nitrogens with zero attached hydrogens (tertiary/aromatic N) is 4. The Morgan fingerprint density at radius 1 is 1.38 bits per heavy atom. The number of aromatic nitrogens is 2. The fourth-order valence-electron chi connectivity index (χ4n) is 1.20. The first kappa shape index (κ1) is 12.2. The molecule has 0 spiro atoms. The third-order valence-electron chi connectivity index (χ3n) is 1.92. The molecule has 0 saturated heterocycles. The Bertz CT molecular complexity index is 442. The van der Waals surface area contributed by atoms with Crippen molar-refractivity contribution in [2.24, 2.45) is 0 Å². The molecule has 5 heteroatoms. The summed E-state index contributed by atoms with van der Waals surface area (Å²) >= 11 is 0. The van der Waals surface area contributed by atoms with Crippen molar-refractivity contribution in [1.29, 1.82) is 10.5 Å². The first-order chi connectivity index (χ1) is 7.48. The van der Waals surface area contributed by atoms with Crippen molar-refractivity contribution in [2.75, 3.05) is 6.61 Å². The van der Waals surface area contributed by atoms with Gasteiger partial charge < -0.3 is 9.30 Å². The quantitative estimate of drug-likeness (QED) is 0.769. The van der Waals surface area contributed by atoms with Crippen molar-refractivity contribution in [1.82, 2.24) is 9.55 Å². The summed E-state index contributed by atoms with van der Waals surface area (Å²) in [6, 6.07) is 3.84. The summed E-state index contributed by atoms with van der Waals surface area (Å²) in [6.45, 7) is 6.90. The monoisotopic (exact) mass is 218 g/mol. The van der Waals surface area contributed by atoms with E-state index in [0.29, 0.717) is 18.8 Å². The van der Waals surface area contributed by atoms with Gasteiger partial charge >= 0.3 is 0 Å². The van der Waals surface area contributed by atoms with Gasteiger partial charge in [0.1, 0.15) is 12.1 Å². The van der Waals surface area contributed by atoms with Crippen molar-refractivity contribution < 1.29 is 4.74 Å². The Labute approximate surface area is 94.9 Å². The molecule has 1 aromatic heterocycles. The minimum atomic E-state index is -0.203. The van der Waals surface area contributed by atoms with E-state index in [1.54, 1.807) is 4.57 Å². The zero-order chi connectivity index (χ0) is 12.2. The molecule has 1 heterocycles. The number of hydrogen-bond acceptors (Lipinski definition) is 4. The van der Waals surface area contributed by atoms with Crippen LogP contribution in [-0.2, 0) is 11.3 Å². The van der Waals surface area contributed by atoms with Gasteiger partial charge in [-0.25, -0.2) is 4.98 Å². The average Bonchev–Trinajstić information content (AvgIpc) is 2.58. The van der Waals surface area contributed by atoms with Crippen LogP contribution in [0.2, 0.25) is 0 Å². The molecular formula is C11H14N4O. The van der Waals surface area contributed by atoms with E-state index in [1.807, 2.05) is 32.9 Å². The maximum absolute atomic E-state index is 8.88. The molecule has 0 unspecified atom stereocenters. The van der Waals surface area contributed by atoms with Crippen LogP contribution in [0.25, 0.3) is 0 Å². The maximum atomic E-state index is 8.88. The van der Waals surface area contributed by atoms with Gasteiger partial charge in [-0.3, -0.25) is 0 Å². The van der Waals surface area contributed by atoms with Crippen LogP contribution >= 0.6 is 0 Å². The summed E-state index contributed by atoms with van der Waals surface area (Å²) in [5.41, 5.74) is 0.254. The Balaban J connectivity index is 2.66. The number of hydrogen-bond donors (Lipinski definition) is 0. The molecule has 0 aliphatic heterocycles. The van der Waals surface area contributed by atoms with E-state index in [-0.39, 0.29) is 11.3 Å². The van der Waals surface area contributed by atoms with Crippen molar-refractivity contribution in [3.05, 3.63) is 17.7 Å². The summed E-state index contributed by atoms with van der Waals surface area (Å²) < 4.78 is 7.16. The van der Waals surface area contributed by atoms with Gasteiger partial charge in [0, 0.05) is 6.54 Å². The highest BCUT2D eigenvalue weighted by Gasteiger charge is 2.12. The van der Waals surface area contributed by atoms with Gasteiger partial charge in [0.2, 0.25) is 0 Å². The van der Waals surface area contributed by atoms with Crippen molar-refractivity contribution in [2.45, 2.75) is 32.9 Å². The second-order valence-electron chi connectivity index (χ2n) is 4.32. The van der Waals surface area contributed by atoms with Crippen molar-refractivity contribution in [3.8, 4) is 12.1 Å². The SMILES string of the molecule is CC(C)(C)OCCn1cnc(C#N)c1C#N. The van der Waals surface area contributed by atoms with Gasteiger partial charge in [-0.05, 0) is 20.8 Å². The van der Waals surface area contributed by atoms with Crippen molar-refractivity contribution in [3.63, 3.8) is 0 Å². The van der Waals surface area contributed by atoms with Gasteiger partial charge in [-0.2, -0.15) is 10.5 Å². The van der Waals surface area contributed by atoms with Crippen LogP contribution in [0.5, 0.6) is 0 Å². The first-order valence-electron chi connectivity index (χ1n) is 4.97. The fraction of sp³-hybridized carbons (Fsp3) is 0.545. The number of rotatable bonds is 3. The molecule has 0 amide bonds. The largest absolute Gasteiger partial charge is 0.374 e. The maximum Gasteiger partial charge on any atom is 0.176 e. The standard InChI is InChI=1S/C11H14N4O/c1-11(2,3)16-5-4-15-8-14-9(6-12)10(15)7-13/h8H,4-5H2,1-3H3. The molecule has 0 atom stereocenters. The molecule has 84 valence electrons. The molecular weight excluding hydrogens is 204 g/mol. The molecule has 1 rings (SSSR count). The number of imidazole rings is 1. The topological polar surface area (TPSA) is 74.6 Å². The molecule has 0 aliphatic carbocycles. The van der Waals surface area contributed by atoms with E-state index in [1.165, 1.54) is 6.33 Å². The third kappa shape index (κ3) is 3.08. The third-order valence-corrected chi connectivity index (χ3v) is 1.92. The Morgan fingerprint density at radius 3 is 2.56 bits per heavy atom. The van der Waals surface area contributed by atoms with E-state index in [4.69, 9.17) is 15.3 Å². The van der Waals surface area contributed by atoms with Crippen LogP contribution in [0.3, 0.4) is 0 Å². The van der Waals surface area contributed by atoms with Gasteiger partial charge in [-0.1, -0.05) is 0 Å². The van der Waals surface area contributed by atoms with E-state index >= 15 is 0 Å². The first-order valence-corrected chi connectivity index (χ1v) is 4.97. The molecule has 0 aromatic carbocycles. The lowest BCUT2D eigenvalue weighted by Crippen LogP contribution is -2.22. The Morgan fingerprint density at radius 2 is 2.06 bits per heavy atom. The van der Waals surface area contributed by atoms with E-state index in [2.05, 4.69) is 4.98 Å². The van der Waals surface area contributed by atoms with E-state index < -0.39 is 0 Å². The smallest absolute Gasteiger partial charge is 0.176 e. The van der Waals surface area contributed by atoms with Crippen LogP contribution in [0.15, 0.2) is 6.33 Å². The number of nitriles is 2. The van der Waals surface area contributed by atoms with Crippen LogP contribution in [-0.4, -0.2) is 21.8 Å². The predicted molar refractivity (Wildman–Crippen MR) is 57.4 cm³/mol. The zero-order valence-corrected chi connectivity index (χ0v) is 9.69. The summed E-state index contributed by atoms with van der Waals surface area (Å²) in [5, 5.41) is 17.6. The summed E-state index contributed by atoms with van der Waals surface area (Å²) in [6.07, 6.45) is 1.49. The number of ether oxygens (including phenoxy) is 1. The molecule has 0 aliphatic rings. The van der Waals surface area contributed by atoms with E-state index in [0.717, 1.165) is 0 Å². The lowest BCUT2D eigenvalue weighted by Gasteiger charge is -2.19. The van der Waals surface area contributed by atoms with Gasteiger partial charge in [0.15, 0.2) is 11.4 Å². The average molecular weight is 218 g/mol. The molecule has 0 saturated carbocycles. The molecule has 0 N–H and O–H groups in total. The van der Waals surface area contributed by atoms with Gasteiger partial charge in [0.05, 0.1) is 18.5 Å². The molecule has 1 aromatic rings. The molecule has 0 fully saturated rings. The highest BCUT2D eigenvalue weighted by atomic mass is 16.5. The predicted octanol–water partition coefficient (Wildman–Crippen LogP) is 1.44. The zero-order valence-electron chi connectivity index (χ0n) is 9.69. The van der Waals surface area contributed by atoms with Gasteiger partial charge in [-0.15, -0.1) is 0 Å². The second kappa shape index (κ2) is 4.78. The molecule has 16 heavy (non-hydrogen) atoms. The Hall–Kier alpha value is -1.85. The minimum Gasteiger partial charge on any atom is -0.374 e. The highest BCUT2D eigenvalue weighted by Crippen LogP contribution is 2.08. The van der Waals surface area contributed by atoms with Crippen LogP contribution < -0.4 is 0 Å². The van der Waals surface area contributed by atoms with Crippen LogP contribution in [0.1, 0.15) is 32.2 Å². The summed E-state index contributed by atoms with van der Waals surface area (Å²) in [4.78, 5) is 3.84. The summed E-state index contributed by atoms with van der Waals surface area (Å²) in [5.74, 6) is 0. The second-order valence-corrected chi connectivity index (χ2v) is 4.32. The normalized spacial score (nSPS) is 10.8. The lowest BCUT2D eigenvalue weighted by atomic mass is 10.2. The molecule has 0 radical (unpaired) electrons. The van der Waals surface area contributed by atoms with E-state index in [9.17, 15) is 0 Å².